The highest BCUT2D eigenvalue weighted by atomic mass is 16.4. The van der Waals surface area contributed by atoms with Crippen LogP contribution in [0.25, 0.3) is 88.6 Å². The molecule has 0 unspecified atom stereocenters. The second-order valence-corrected chi connectivity index (χ2v) is 14.3. The largest absolute Gasteiger partial charge is 0.455 e. The Morgan fingerprint density at radius 2 is 0.912 bits per heavy atom. The number of hydrogen-bond acceptors (Lipinski definition) is 4. The predicted molar refractivity (Wildman–Crippen MR) is 235 cm³/mol. The van der Waals surface area contributed by atoms with Crippen LogP contribution in [0.4, 0.5) is 17.1 Å². The highest BCUT2D eigenvalue weighted by molar-refractivity contribution is 6.12. The van der Waals surface area contributed by atoms with Gasteiger partial charge in [0, 0.05) is 44.7 Å². The molecule has 0 spiro atoms. The molecule has 0 saturated carbocycles. The van der Waals surface area contributed by atoms with Gasteiger partial charge in [-0.25, -0.2) is 4.98 Å². The van der Waals surface area contributed by atoms with E-state index < -0.39 is 0 Å². The normalized spacial score (nSPS) is 11.5. The Morgan fingerprint density at radius 1 is 0.351 bits per heavy atom. The van der Waals surface area contributed by atoms with Crippen molar-refractivity contribution in [1.29, 1.82) is 0 Å². The highest BCUT2D eigenvalue weighted by Crippen LogP contribution is 2.44. The first-order chi connectivity index (χ1) is 28.2. The summed E-state index contributed by atoms with van der Waals surface area (Å²) < 4.78 is 12.9. The fourth-order valence-corrected chi connectivity index (χ4v) is 8.15. The molecule has 11 aromatic rings. The zero-order valence-electron chi connectivity index (χ0n) is 30.8. The first-order valence-electron chi connectivity index (χ1n) is 19.2. The molecular formula is C53H34N2O2. The number of furan rings is 1. The van der Waals surface area contributed by atoms with E-state index in [1.807, 2.05) is 36.4 Å². The molecule has 9 aromatic carbocycles. The van der Waals surface area contributed by atoms with Gasteiger partial charge in [-0.2, -0.15) is 0 Å². The molecule has 2 heterocycles. The maximum atomic E-state index is 6.63. The maximum Gasteiger partial charge on any atom is 0.227 e. The Balaban J connectivity index is 1.01. The molecule has 0 aliphatic rings. The lowest BCUT2D eigenvalue weighted by molar-refractivity contribution is 0.620. The average Bonchev–Trinajstić information content (AvgIpc) is 3.88. The summed E-state index contributed by atoms with van der Waals surface area (Å²) in [5.41, 5.74) is 14.2. The number of aromatic nitrogens is 1. The summed E-state index contributed by atoms with van der Waals surface area (Å²) in [6, 6.07) is 72.4. The van der Waals surface area contributed by atoms with Gasteiger partial charge in [0.1, 0.15) is 16.7 Å². The monoisotopic (exact) mass is 730 g/mol. The lowest BCUT2D eigenvalue weighted by Gasteiger charge is -2.28. The molecule has 0 fully saturated rings. The van der Waals surface area contributed by atoms with Gasteiger partial charge in [0.25, 0.3) is 0 Å². The quantitative estimate of drug-likeness (QED) is 0.164. The number of hydrogen-bond donors (Lipinski definition) is 0. The van der Waals surface area contributed by atoms with Gasteiger partial charge in [-0.1, -0.05) is 152 Å². The summed E-state index contributed by atoms with van der Waals surface area (Å²) in [5, 5.41) is 4.43. The SMILES string of the molecule is c1ccc(-c2ccc(N(c3ccc(-c4cccc5c4oc4cc6nc(-c7ccccc7)oc6cc45)cc3)c3ccc(-c4ccccc4)c4ccccc34)cc2)cc1. The van der Waals surface area contributed by atoms with Crippen molar-refractivity contribution in [3.05, 3.63) is 206 Å². The number of fused-ring (bicyclic) bond motifs is 5. The second kappa shape index (κ2) is 13.6. The summed E-state index contributed by atoms with van der Waals surface area (Å²) in [6.45, 7) is 0. The van der Waals surface area contributed by atoms with E-state index in [2.05, 4.69) is 175 Å². The minimum absolute atomic E-state index is 0.602. The number of oxazole rings is 1. The van der Waals surface area contributed by atoms with Crippen LogP contribution < -0.4 is 4.90 Å². The van der Waals surface area contributed by atoms with Gasteiger partial charge in [-0.15, -0.1) is 0 Å². The predicted octanol–water partition coefficient (Wildman–Crippen LogP) is 15.0. The van der Waals surface area contributed by atoms with Gasteiger partial charge < -0.3 is 13.7 Å². The molecule has 11 rings (SSSR count). The smallest absolute Gasteiger partial charge is 0.227 e. The minimum Gasteiger partial charge on any atom is -0.455 e. The molecule has 0 amide bonds. The Labute approximate surface area is 329 Å². The zero-order valence-corrected chi connectivity index (χ0v) is 30.8. The molecule has 2 aromatic heterocycles. The van der Waals surface area contributed by atoms with E-state index in [4.69, 9.17) is 13.8 Å². The van der Waals surface area contributed by atoms with E-state index in [0.29, 0.717) is 5.89 Å². The van der Waals surface area contributed by atoms with E-state index in [-0.39, 0.29) is 0 Å². The summed E-state index contributed by atoms with van der Waals surface area (Å²) in [4.78, 5) is 7.15. The summed E-state index contributed by atoms with van der Waals surface area (Å²) in [7, 11) is 0. The van der Waals surface area contributed by atoms with Crippen LogP contribution in [0, 0.1) is 0 Å². The molecule has 268 valence electrons. The van der Waals surface area contributed by atoms with Crippen LogP contribution in [0.1, 0.15) is 0 Å². The Kier molecular flexibility index (Phi) is 7.78. The van der Waals surface area contributed by atoms with Crippen molar-refractivity contribution in [2.24, 2.45) is 0 Å². The van der Waals surface area contributed by atoms with Crippen LogP contribution in [-0.4, -0.2) is 4.98 Å². The van der Waals surface area contributed by atoms with Crippen LogP contribution in [0.2, 0.25) is 0 Å². The highest BCUT2D eigenvalue weighted by Gasteiger charge is 2.20. The van der Waals surface area contributed by atoms with Crippen molar-refractivity contribution < 1.29 is 8.83 Å². The van der Waals surface area contributed by atoms with Crippen molar-refractivity contribution in [3.8, 4) is 44.8 Å². The number of benzene rings is 9. The van der Waals surface area contributed by atoms with Crippen molar-refractivity contribution in [3.63, 3.8) is 0 Å². The van der Waals surface area contributed by atoms with Crippen LogP contribution in [0.3, 0.4) is 0 Å². The first kappa shape index (κ1) is 32.7. The lowest BCUT2D eigenvalue weighted by atomic mass is 9.96. The molecule has 0 N–H and O–H groups in total. The number of rotatable bonds is 7. The molecule has 4 heteroatoms. The Hall–Kier alpha value is -7.69. The number of para-hydroxylation sites is 1. The number of anilines is 3. The molecule has 0 saturated heterocycles. The molecule has 0 atom stereocenters. The molecule has 4 nitrogen and oxygen atoms in total. The standard InChI is InChI=1S/C53H34N2O2/c1-4-13-35(14-5-1)36-23-27-40(28-24-36)55(49-32-31-42(37-15-6-2-7-16-37)44-19-10-11-20-45(44)49)41-29-25-38(26-30-41)43-21-12-22-46-47-33-51-48(34-50(47)56-52(43)46)54-53(57-51)39-17-8-3-9-18-39/h1-34H. The fraction of sp³-hybridized carbons (Fsp3) is 0. The summed E-state index contributed by atoms with van der Waals surface area (Å²) in [5.74, 6) is 0.602. The van der Waals surface area contributed by atoms with Gasteiger partial charge in [-0.3, -0.25) is 0 Å². The first-order valence-corrected chi connectivity index (χ1v) is 19.2. The Bertz CT molecular complexity index is 3200. The lowest BCUT2D eigenvalue weighted by Crippen LogP contribution is -2.10. The minimum atomic E-state index is 0.602. The van der Waals surface area contributed by atoms with Gasteiger partial charge in [0.05, 0.1) is 5.69 Å². The van der Waals surface area contributed by atoms with E-state index >= 15 is 0 Å². The van der Waals surface area contributed by atoms with Crippen molar-refractivity contribution in [1.82, 2.24) is 4.98 Å². The van der Waals surface area contributed by atoms with Crippen molar-refractivity contribution in [2.75, 3.05) is 4.90 Å². The second-order valence-electron chi connectivity index (χ2n) is 14.3. The van der Waals surface area contributed by atoms with E-state index in [1.165, 1.54) is 33.0 Å². The van der Waals surface area contributed by atoms with Gasteiger partial charge in [-0.05, 0) is 81.7 Å². The third-order valence-electron chi connectivity index (χ3n) is 10.9. The van der Waals surface area contributed by atoms with Crippen LogP contribution >= 0.6 is 0 Å². The van der Waals surface area contributed by atoms with Gasteiger partial charge >= 0.3 is 0 Å². The molecular weight excluding hydrogens is 697 g/mol. The zero-order chi connectivity index (χ0) is 37.7. The van der Waals surface area contributed by atoms with Gasteiger partial charge in [0.15, 0.2) is 5.58 Å². The molecule has 57 heavy (non-hydrogen) atoms. The topological polar surface area (TPSA) is 42.4 Å². The van der Waals surface area contributed by atoms with E-state index in [0.717, 1.165) is 66.8 Å². The maximum absolute atomic E-state index is 6.63. The van der Waals surface area contributed by atoms with Crippen LogP contribution in [-0.2, 0) is 0 Å². The van der Waals surface area contributed by atoms with Crippen molar-refractivity contribution >= 4 is 60.9 Å². The van der Waals surface area contributed by atoms with E-state index in [9.17, 15) is 0 Å². The summed E-state index contributed by atoms with van der Waals surface area (Å²) >= 11 is 0. The van der Waals surface area contributed by atoms with Crippen molar-refractivity contribution in [2.45, 2.75) is 0 Å². The molecule has 0 radical (unpaired) electrons. The molecule has 0 aliphatic carbocycles. The summed E-state index contributed by atoms with van der Waals surface area (Å²) in [6.07, 6.45) is 0. The van der Waals surface area contributed by atoms with Gasteiger partial charge in [0.2, 0.25) is 5.89 Å². The average molecular weight is 731 g/mol. The number of nitrogens with zero attached hydrogens (tertiary/aromatic N) is 2. The fourth-order valence-electron chi connectivity index (χ4n) is 8.15. The third kappa shape index (κ3) is 5.74. The molecule has 0 bridgehead atoms. The molecule has 0 aliphatic heterocycles. The van der Waals surface area contributed by atoms with Crippen LogP contribution in [0.15, 0.2) is 215 Å². The Morgan fingerprint density at radius 3 is 1.61 bits per heavy atom. The third-order valence-corrected chi connectivity index (χ3v) is 10.9. The van der Waals surface area contributed by atoms with E-state index in [1.54, 1.807) is 0 Å². The van der Waals surface area contributed by atoms with Crippen LogP contribution in [0.5, 0.6) is 0 Å².